The Morgan fingerprint density at radius 2 is 1.84 bits per heavy atom. The third-order valence-electron chi connectivity index (χ3n) is 2.94. The van der Waals surface area contributed by atoms with Gasteiger partial charge in [-0.1, -0.05) is 30.3 Å². The van der Waals surface area contributed by atoms with Gasteiger partial charge in [0.05, 0.1) is 24.0 Å². The lowest BCUT2D eigenvalue weighted by molar-refractivity contribution is 0.670. The second kappa shape index (κ2) is 6.53. The first kappa shape index (κ1) is 13.8. The number of halogens is 1. The minimum absolute atomic E-state index is 0.358. The molecule has 2 rings (SSSR count). The van der Waals surface area contributed by atoms with E-state index in [0.29, 0.717) is 11.9 Å². The largest absolute Gasteiger partial charge is 0.349 e. The van der Waals surface area contributed by atoms with Crippen LogP contribution in [0.1, 0.15) is 25.1 Å². The van der Waals surface area contributed by atoms with Crippen molar-refractivity contribution >= 4 is 17.4 Å². The van der Waals surface area contributed by atoms with Gasteiger partial charge < -0.3 is 4.90 Å². The molecule has 0 bridgehead atoms. The highest BCUT2D eigenvalue weighted by molar-refractivity contribution is 6.16. The van der Waals surface area contributed by atoms with Crippen LogP contribution >= 0.6 is 11.6 Å². The molecular weight excluding hydrogens is 258 g/mol. The highest BCUT2D eigenvalue weighted by atomic mass is 35.5. The van der Waals surface area contributed by atoms with Crippen LogP contribution in [0.25, 0.3) is 0 Å². The number of hydrogen-bond acceptors (Lipinski definition) is 3. The molecule has 0 N–H and O–H groups in total. The average molecular weight is 276 g/mol. The topological polar surface area (TPSA) is 29.0 Å². The number of anilines is 1. The highest BCUT2D eigenvalue weighted by Crippen LogP contribution is 2.17. The lowest BCUT2D eigenvalue weighted by atomic mass is 10.2. The molecular formula is C15H18ClN3. The molecule has 0 saturated heterocycles. The first-order chi connectivity index (χ1) is 9.20. The van der Waals surface area contributed by atoms with Gasteiger partial charge in [-0.3, -0.25) is 4.98 Å². The Bertz CT molecular complexity index is 497. The monoisotopic (exact) mass is 275 g/mol. The summed E-state index contributed by atoms with van der Waals surface area (Å²) >= 11 is 5.74. The summed E-state index contributed by atoms with van der Waals surface area (Å²) in [5.41, 5.74) is 2.06. The predicted octanol–water partition coefficient (Wildman–Crippen LogP) is 3.63. The SMILES string of the molecule is CC(C)N(Cc1ccccc1)c1cnc(CCl)cn1. The number of rotatable bonds is 5. The van der Waals surface area contributed by atoms with E-state index in [2.05, 4.69) is 53.0 Å². The molecule has 3 nitrogen and oxygen atoms in total. The fourth-order valence-corrected chi connectivity index (χ4v) is 2.01. The van der Waals surface area contributed by atoms with Crippen LogP contribution in [-0.4, -0.2) is 16.0 Å². The first-order valence-corrected chi connectivity index (χ1v) is 6.91. The van der Waals surface area contributed by atoms with Gasteiger partial charge in [-0.2, -0.15) is 0 Å². The molecule has 0 amide bonds. The molecule has 0 unspecified atom stereocenters. The van der Waals surface area contributed by atoms with Gasteiger partial charge >= 0.3 is 0 Å². The third-order valence-corrected chi connectivity index (χ3v) is 3.22. The van der Waals surface area contributed by atoms with E-state index in [1.54, 1.807) is 12.4 Å². The molecule has 100 valence electrons. The molecule has 0 aliphatic heterocycles. The third kappa shape index (κ3) is 3.67. The van der Waals surface area contributed by atoms with Crippen molar-refractivity contribution in [2.24, 2.45) is 0 Å². The molecule has 0 saturated carbocycles. The van der Waals surface area contributed by atoms with Gasteiger partial charge in [-0.25, -0.2) is 4.98 Å². The molecule has 2 aromatic rings. The van der Waals surface area contributed by atoms with E-state index >= 15 is 0 Å². The van der Waals surface area contributed by atoms with Crippen LogP contribution in [0.4, 0.5) is 5.82 Å². The van der Waals surface area contributed by atoms with Crippen molar-refractivity contribution in [1.82, 2.24) is 9.97 Å². The lowest BCUT2D eigenvalue weighted by Crippen LogP contribution is -2.31. The van der Waals surface area contributed by atoms with Crippen LogP contribution in [-0.2, 0) is 12.4 Å². The van der Waals surface area contributed by atoms with Gasteiger partial charge in [0, 0.05) is 12.6 Å². The Hall–Kier alpha value is -1.61. The predicted molar refractivity (Wildman–Crippen MR) is 79.4 cm³/mol. The molecule has 0 atom stereocenters. The maximum absolute atomic E-state index is 5.74. The van der Waals surface area contributed by atoms with E-state index in [9.17, 15) is 0 Å². The van der Waals surface area contributed by atoms with Gasteiger partial charge in [-0.15, -0.1) is 11.6 Å². The van der Waals surface area contributed by atoms with Gasteiger partial charge in [0.1, 0.15) is 5.82 Å². The summed E-state index contributed by atoms with van der Waals surface area (Å²) in [6.45, 7) is 5.13. The maximum Gasteiger partial charge on any atom is 0.147 e. The summed E-state index contributed by atoms with van der Waals surface area (Å²) in [6, 6.07) is 10.7. The summed E-state index contributed by atoms with van der Waals surface area (Å²) in [6.07, 6.45) is 3.53. The lowest BCUT2D eigenvalue weighted by Gasteiger charge is -2.27. The molecule has 0 aliphatic carbocycles. The van der Waals surface area contributed by atoms with Crippen molar-refractivity contribution in [3.05, 3.63) is 54.0 Å². The number of benzene rings is 1. The zero-order chi connectivity index (χ0) is 13.7. The summed E-state index contributed by atoms with van der Waals surface area (Å²) in [5, 5.41) is 0. The molecule has 0 fully saturated rings. The van der Waals surface area contributed by atoms with Gasteiger partial charge in [0.25, 0.3) is 0 Å². The smallest absolute Gasteiger partial charge is 0.147 e. The second-order valence-corrected chi connectivity index (χ2v) is 4.97. The minimum atomic E-state index is 0.358. The van der Waals surface area contributed by atoms with Gasteiger partial charge in [0.15, 0.2) is 0 Å². The van der Waals surface area contributed by atoms with Gasteiger partial charge in [-0.05, 0) is 19.4 Å². The van der Waals surface area contributed by atoms with Crippen LogP contribution in [0.3, 0.4) is 0 Å². The van der Waals surface area contributed by atoms with E-state index in [-0.39, 0.29) is 0 Å². The van der Waals surface area contributed by atoms with E-state index in [0.717, 1.165) is 18.1 Å². The van der Waals surface area contributed by atoms with Crippen LogP contribution in [0, 0.1) is 0 Å². The summed E-state index contributed by atoms with van der Waals surface area (Å²) in [4.78, 5) is 11.0. The Labute approximate surface area is 119 Å². The zero-order valence-corrected chi connectivity index (χ0v) is 12.0. The standard InChI is InChI=1S/C15H18ClN3/c1-12(2)19(11-13-6-4-3-5-7-13)15-10-17-14(8-16)9-18-15/h3-7,9-10,12H,8,11H2,1-2H3. The average Bonchev–Trinajstić information content (AvgIpc) is 2.46. The summed E-state index contributed by atoms with van der Waals surface area (Å²) in [7, 11) is 0. The first-order valence-electron chi connectivity index (χ1n) is 6.38. The molecule has 0 aliphatic rings. The Balaban J connectivity index is 2.19. The van der Waals surface area contributed by atoms with Crippen molar-refractivity contribution in [3.63, 3.8) is 0 Å². The Kier molecular flexibility index (Phi) is 4.74. The molecule has 1 heterocycles. The van der Waals surface area contributed by atoms with Crippen LogP contribution in [0.2, 0.25) is 0 Å². The minimum Gasteiger partial charge on any atom is -0.349 e. The fourth-order valence-electron chi connectivity index (χ4n) is 1.87. The quantitative estimate of drug-likeness (QED) is 0.780. The van der Waals surface area contributed by atoms with E-state index < -0.39 is 0 Å². The van der Waals surface area contributed by atoms with E-state index in [1.165, 1.54) is 5.56 Å². The van der Waals surface area contributed by atoms with E-state index in [4.69, 9.17) is 11.6 Å². The van der Waals surface area contributed by atoms with Crippen molar-refractivity contribution in [3.8, 4) is 0 Å². The normalized spacial score (nSPS) is 10.7. The number of nitrogens with zero attached hydrogens (tertiary/aromatic N) is 3. The highest BCUT2D eigenvalue weighted by Gasteiger charge is 2.12. The zero-order valence-electron chi connectivity index (χ0n) is 11.3. The number of aromatic nitrogens is 2. The molecule has 4 heteroatoms. The van der Waals surface area contributed by atoms with Crippen LogP contribution < -0.4 is 4.90 Å². The number of hydrogen-bond donors (Lipinski definition) is 0. The molecule has 0 radical (unpaired) electrons. The molecule has 19 heavy (non-hydrogen) atoms. The van der Waals surface area contributed by atoms with Crippen LogP contribution in [0.15, 0.2) is 42.7 Å². The van der Waals surface area contributed by atoms with Crippen molar-refractivity contribution in [2.45, 2.75) is 32.3 Å². The Morgan fingerprint density at radius 1 is 1.11 bits per heavy atom. The van der Waals surface area contributed by atoms with Crippen LogP contribution in [0.5, 0.6) is 0 Å². The Morgan fingerprint density at radius 3 is 2.37 bits per heavy atom. The summed E-state index contributed by atoms with van der Waals surface area (Å²) < 4.78 is 0. The molecule has 0 spiro atoms. The molecule has 1 aromatic heterocycles. The van der Waals surface area contributed by atoms with Crippen molar-refractivity contribution in [2.75, 3.05) is 4.90 Å². The number of alkyl halides is 1. The maximum atomic E-state index is 5.74. The van der Waals surface area contributed by atoms with Crippen molar-refractivity contribution < 1.29 is 0 Å². The summed E-state index contributed by atoms with van der Waals surface area (Å²) in [5.74, 6) is 1.28. The fraction of sp³-hybridized carbons (Fsp3) is 0.333. The van der Waals surface area contributed by atoms with Gasteiger partial charge in [0.2, 0.25) is 0 Å². The van der Waals surface area contributed by atoms with Crippen molar-refractivity contribution in [1.29, 1.82) is 0 Å². The molecule has 1 aromatic carbocycles. The van der Waals surface area contributed by atoms with E-state index in [1.807, 2.05) is 6.07 Å². The second-order valence-electron chi connectivity index (χ2n) is 4.71.